The van der Waals surface area contributed by atoms with E-state index in [-0.39, 0.29) is 0 Å². The van der Waals surface area contributed by atoms with Crippen LogP contribution in [0.5, 0.6) is 0 Å². The molecule has 0 radical (unpaired) electrons. The number of nitrogens with two attached hydrogens (primary N) is 1. The first-order valence-corrected chi connectivity index (χ1v) is 6.21. The Morgan fingerprint density at radius 2 is 2.14 bits per heavy atom. The predicted octanol–water partition coefficient (Wildman–Crippen LogP) is -0.147. The van der Waals surface area contributed by atoms with Crippen LogP contribution in [-0.4, -0.2) is 29.7 Å². The molecule has 0 aromatic carbocycles. The van der Waals surface area contributed by atoms with Crippen LogP contribution in [0.25, 0.3) is 0 Å². The van der Waals surface area contributed by atoms with Crippen LogP contribution in [0.2, 0.25) is 0 Å². The molecule has 1 aromatic heterocycles. The quantitative estimate of drug-likeness (QED) is 0.764. The molecule has 14 heavy (non-hydrogen) atoms. The molecule has 0 saturated heterocycles. The summed E-state index contributed by atoms with van der Waals surface area (Å²) in [7, 11) is -1.34. The molecule has 6 heteroatoms. The van der Waals surface area contributed by atoms with Crippen LogP contribution in [0.15, 0.2) is 12.4 Å². The Kier molecular flexibility index (Phi) is 2.96. The lowest BCUT2D eigenvalue weighted by Crippen LogP contribution is -2.30. The Bertz CT molecular complexity index is 410. The van der Waals surface area contributed by atoms with Gasteiger partial charge in [-0.2, -0.15) is 5.10 Å². The van der Waals surface area contributed by atoms with Gasteiger partial charge in [0.15, 0.2) is 9.84 Å². The summed E-state index contributed by atoms with van der Waals surface area (Å²) in [5.41, 5.74) is 6.55. The number of rotatable bonds is 3. The summed E-state index contributed by atoms with van der Waals surface area (Å²) in [5, 5.41) is 3.35. The number of hydrogen-bond acceptors (Lipinski definition) is 4. The lowest BCUT2D eigenvalue weighted by Gasteiger charge is -2.16. The van der Waals surface area contributed by atoms with Gasteiger partial charge in [0.1, 0.15) is 0 Å². The molecule has 1 heterocycles. The Hall–Kier alpha value is -0.880. The van der Waals surface area contributed by atoms with Crippen molar-refractivity contribution in [3.05, 3.63) is 18.0 Å². The molecule has 0 spiro atoms. The van der Waals surface area contributed by atoms with Gasteiger partial charge in [-0.15, -0.1) is 0 Å². The van der Waals surface area contributed by atoms with E-state index >= 15 is 0 Å². The van der Waals surface area contributed by atoms with Gasteiger partial charge in [0.25, 0.3) is 0 Å². The maximum atomic E-state index is 11.2. The Balaban J connectivity index is 2.91. The minimum atomic E-state index is -3.10. The highest BCUT2D eigenvalue weighted by atomic mass is 32.2. The summed E-state index contributed by atoms with van der Waals surface area (Å²) in [5.74, 6) is 0. The van der Waals surface area contributed by atoms with Crippen LogP contribution in [0.3, 0.4) is 0 Å². The van der Waals surface area contributed by atoms with Crippen LogP contribution >= 0.6 is 0 Å². The molecule has 0 aliphatic carbocycles. The zero-order chi connectivity index (χ0) is 10.9. The SMILES string of the molecule is CC(C(N)c1cnn(C)c1)S(C)(=O)=O. The Labute approximate surface area is 83.8 Å². The van der Waals surface area contributed by atoms with E-state index in [0.717, 1.165) is 5.56 Å². The van der Waals surface area contributed by atoms with Crippen molar-refractivity contribution in [2.24, 2.45) is 12.8 Å². The van der Waals surface area contributed by atoms with Crippen molar-refractivity contribution in [1.82, 2.24) is 9.78 Å². The average Bonchev–Trinajstić information content (AvgIpc) is 2.47. The number of aromatic nitrogens is 2. The molecule has 1 aromatic rings. The Morgan fingerprint density at radius 1 is 1.57 bits per heavy atom. The zero-order valence-corrected chi connectivity index (χ0v) is 9.32. The van der Waals surface area contributed by atoms with Crippen molar-refractivity contribution in [2.45, 2.75) is 18.2 Å². The van der Waals surface area contributed by atoms with Crippen molar-refractivity contribution >= 4 is 9.84 Å². The van der Waals surface area contributed by atoms with E-state index < -0.39 is 21.1 Å². The molecule has 2 unspecified atom stereocenters. The van der Waals surface area contributed by atoms with E-state index in [2.05, 4.69) is 5.10 Å². The van der Waals surface area contributed by atoms with Crippen molar-refractivity contribution in [2.75, 3.05) is 6.26 Å². The molecule has 2 atom stereocenters. The fourth-order valence-corrected chi connectivity index (χ4v) is 1.84. The van der Waals surface area contributed by atoms with Gasteiger partial charge >= 0.3 is 0 Å². The molecule has 0 amide bonds. The number of hydrogen-bond donors (Lipinski definition) is 1. The van der Waals surface area contributed by atoms with Crippen LogP contribution < -0.4 is 5.73 Å². The van der Waals surface area contributed by atoms with E-state index in [1.807, 2.05) is 0 Å². The molecule has 1 rings (SSSR count). The predicted molar refractivity (Wildman–Crippen MR) is 54.4 cm³/mol. The van der Waals surface area contributed by atoms with Gasteiger partial charge in [0, 0.05) is 31.1 Å². The molecule has 5 nitrogen and oxygen atoms in total. The smallest absolute Gasteiger partial charge is 0.151 e. The summed E-state index contributed by atoms with van der Waals surface area (Å²) in [6.07, 6.45) is 4.51. The van der Waals surface area contributed by atoms with E-state index in [4.69, 9.17) is 5.73 Å². The van der Waals surface area contributed by atoms with Crippen LogP contribution in [0.4, 0.5) is 0 Å². The van der Waals surface area contributed by atoms with Crippen molar-refractivity contribution in [3.8, 4) is 0 Å². The first kappa shape index (κ1) is 11.2. The van der Waals surface area contributed by atoms with E-state index in [0.29, 0.717) is 0 Å². The zero-order valence-electron chi connectivity index (χ0n) is 8.51. The fourth-order valence-electron chi connectivity index (χ4n) is 1.15. The highest BCUT2D eigenvalue weighted by molar-refractivity contribution is 7.91. The van der Waals surface area contributed by atoms with Crippen LogP contribution in [0.1, 0.15) is 18.5 Å². The molecule has 2 N–H and O–H groups in total. The van der Waals surface area contributed by atoms with E-state index in [1.54, 1.807) is 31.0 Å². The molecule has 0 fully saturated rings. The standard InChI is InChI=1S/C8H15N3O2S/c1-6(14(3,12)13)8(9)7-4-10-11(2)5-7/h4-6,8H,9H2,1-3H3. The minimum Gasteiger partial charge on any atom is -0.323 e. The second kappa shape index (κ2) is 3.70. The maximum Gasteiger partial charge on any atom is 0.151 e. The average molecular weight is 217 g/mol. The highest BCUT2D eigenvalue weighted by Gasteiger charge is 2.24. The fraction of sp³-hybridized carbons (Fsp3) is 0.625. The van der Waals surface area contributed by atoms with Gasteiger partial charge in [-0.05, 0) is 6.92 Å². The number of nitrogens with zero attached hydrogens (tertiary/aromatic N) is 2. The van der Waals surface area contributed by atoms with Crippen molar-refractivity contribution in [1.29, 1.82) is 0 Å². The van der Waals surface area contributed by atoms with Crippen molar-refractivity contribution < 1.29 is 8.42 Å². The topological polar surface area (TPSA) is 78.0 Å². The molecular weight excluding hydrogens is 202 g/mol. The molecule has 0 aliphatic rings. The lowest BCUT2D eigenvalue weighted by atomic mass is 10.1. The first-order valence-electron chi connectivity index (χ1n) is 4.25. The summed E-state index contributed by atoms with van der Waals surface area (Å²) < 4.78 is 24.1. The first-order chi connectivity index (χ1) is 6.32. The summed E-state index contributed by atoms with van der Waals surface area (Å²) >= 11 is 0. The van der Waals surface area contributed by atoms with E-state index in [1.165, 1.54) is 6.26 Å². The van der Waals surface area contributed by atoms with Crippen LogP contribution in [0, 0.1) is 0 Å². The van der Waals surface area contributed by atoms with Gasteiger partial charge in [-0.3, -0.25) is 4.68 Å². The van der Waals surface area contributed by atoms with Crippen LogP contribution in [-0.2, 0) is 16.9 Å². The number of sulfone groups is 1. The second-order valence-corrected chi connectivity index (χ2v) is 5.91. The molecule has 0 saturated carbocycles. The van der Waals surface area contributed by atoms with Gasteiger partial charge < -0.3 is 5.73 Å². The van der Waals surface area contributed by atoms with Gasteiger partial charge in [-0.1, -0.05) is 0 Å². The third kappa shape index (κ3) is 2.33. The lowest BCUT2D eigenvalue weighted by molar-refractivity contribution is 0.570. The molecular formula is C8H15N3O2S. The largest absolute Gasteiger partial charge is 0.323 e. The highest BCUT2D eigenvalue weighted by Crippen LogP contribution is 2.17. The third-order valence-electron chi connectivity index (χ3n) is 2.29. The number of aryl methyl sites for hydroxylation is 1. The summed E-state index contributed by atoms with van der Waals surface area (Å²) in [6, 6.07) is -0.515. The maximum absolute atomic E-state index is 11.2. The summed E-state index contributed by atoms with van der Waals surface area (Å²) in [6.45, 7) is 1.60. The molecule has 0 aliphatic heterocycles. The molecule has 80 valence electrons. The normalized spacial score (nSPS) is 16.6. The van der Waals surface area contributed by atoms with Crippen molar-refractivity contribution in [3.63, 3.8) is 0 Å². The van der Waals surface area contributed by atoms with Gasteiger partial charge in [0.2, 0.25) is 0 Å². The monoisotopic (exact) mass is 217 g/mol. The Morgan fingerprint density at radius 3 is 2.50 bits per heavy atom. The summed E-state index contributed by atoms with van der Waals surface area (Å²) in [4.78, 5) is 0. The van der Waals surface area contributed by atoms with Gasteiger partial charge in [0.05, 0.1) is 11.4 Å². The molecule has 0 bridgehead atoms. The minimum absolute atomic E-state index is 0.515. The van der Waals surface area contributed by atoms with E-state index in [9.17, 15) is 8.42 Å². The third-order valence-corrected chi connectivity index (χ3v) is 3.93. The second-order valence-electron chi connectivity index (χ2n) is 3.51. The van der Waals surface area contributed by atoms with Gasteiger partial charge in [-0.25, -0.2) is 8.42 Å².